The summed E-state index contributed by atoms with van der Waals surface area (Å²) in [5, 5.41) is 4.22. The van der Waals surface area contributed by atoms with Crippen molar-refractivity contribution in [2.45, 2.75) is 6.54 Å². The van der Waals surface area contributed by atoms with Gasteiger partial charge in [-0.05, 0) is 20.2 Å². The van der Waals surface area contributed by atoms with E-state index in [0.717, 1.165) is 39.4 Å². The van der Waals surface area contributed by atoms with Crippen LogP contribution in [0.4, 0.5) is 0 Å². The van der Waals surface area contributed by atoms with Crippen LogP contribution in [0.3, 0.4) is 0 Å². The van der Waals surface area contributed by atoms with E-state index < -0.39 is 0 Å². The van der Waals surface area contributed by atoms with Gasteiger partial charge < -0.3 is 9.64 Å². The van der Waals surface area contributed by atoms with Crippen molar-refractivity contribution in [1.29, 1.82) is 0 Å². The third-order valence-electron chi connectivity index (χ3n) is 3.35. The molecule has 0 saturated carbocycles. The van der Waals surface area contributed by atoms with Crippen LogP contribution in [0.5, 0.6) is 0 Å². The van der Waals surface area contributed by atoms with Gasteiger partial charge in [0.2, 0.25) is 0 Å². The summed E-state index contributed by atoms with van der Waals surface area (Å²) in [4.78, 5) is 4.71. The minimum Gasteiger partial charge on any atom is -0.380 e. The van der Waals surface area contributed by atoms with E-state index in [1.165, 1.54) is 5.69 Å². The molecular formula is C13H24N4O. The first-order valence-electron chi connectivity index (χ1n) is 6.57. The molecule has 2 rings (SSSR count). The fourth-order valence-electron chi connectivity index (χ4n) is 2.51. The summed E-state index contributed by atoms with van der Waals surface area (Å²) in [5.41, 5.74) is 1.26. The lowest BCUT2D eigenvalue weighted by atomic mass is 10.1. The van der Waals surface area contributed by atoms with Gasteiger partial charge in [0, 0.05) is 45.3 Å². The van der Waals surface area contributed by atoms with Gasteiger partial charge in [0.1, 0.15) is 0 Å². The summed E-state index contributed by atoms with van der Waals surface area (Å²) in [5.74, 6) is 0.593. The Morgan fingerprint density at radius 2 is 2.33 bits per heavy atom. The number of hydrogen-bond acceptors (Lipinski definition) is 4. The molecule has 1 aromatic heterocycles. The highest BCUT2D eigenvalue weighted by molar-refractivity contribution is 4.99. The summed E-state index contributed by atoms with van der Waals surface area (Å²) in [6.07, 6.45) is 1.86. The van der Waals surface area contributed by atoms with Crippen molar-refractivity contribution in [1.82, 2.24) is 19.6 Å². The normalized spacial score (nSPS) is 22.3. The summed E-state index contributed by atoms with van der Waals surface area (Å²) < 4.78 is 7.65. The van der Waals surface area contributed by atoms with Gasteiger partial charge in [-0.3, -0.25) is 9.58 Å². The highest BCUT2D eigenvalue weighted by atomic mass is 16.5. The molecule has 0 bridgehead atoms. The number of ether oxygens (including phenoxy) is 1. The monoisotopic (exact) mass is 252 g/mol. The van der Waals surface area contributed by atoms with Crippen LogP contribution in [-0.2, 0) is 18.3 Å². The van der Waals surface area contributed by atoms with Crippen LogP contribution in [0.1, 0.15) is 5.69 Å². The van der Waals surface area contributed by atoms with Gasteiger partial charge in [-0.15, -0.1) is 0 Å². The van der Waals surface area contributed by atoms with E-state index in [-0.39, 0.29) is 0 Å². The molecule has 0 radical (unpaired) electrons. The minimum absolute atomic E-state index is 0.593. The Bertz CT molecular complexity index is 364. The van der Waals surface area contributed by atoms with Gasteiger partial charge in [-0.25, -0.2) is 0 Å². The van der Waals surface area contributed by atoms with E-state index in [1.807, 2.05) is 17.9 Å². The molecular weight excluding hydrogens is 228 g/mol. The Morgan fingerprint density at radius 1 is 1.50 bits per heavy atom. The Morgan fingerprint density at radius 3 is 3.00 bits per heavy atom. The molecule has 5 nitrogen and oxygen atoms in total. The molecule has 0 N–H and O–H groups in total. The van der Waals surface area contributed by atoms with E-state index in [9.17, 15) is 0 Å². The molecule has 1 fully saturated rings. The second-order valence-corrected chi connectivity index (χ2v) is 5.38. The van der Waals surface area contributed by atoms with Crippen molar-refractivity contribution in [2.75, 3.05) is 46.9 Å². The number of hydrogen-bond donors (Lipinski definition) is 0. The van der Waals surface area contributed by atoms with Crippen molar-refractivity contribution in [3.05, 3.63) is 18.0 Å². The van der Waals surface area contributed by atoms with Crippen molar-refractivity contribution in [2.24, 2.45) is 13.0 Å². The van der Waals surface area contributed by atoms with Crippen molar-refractivity contribution >= 4 is 0 Å². The summed E-state index contributed by atoms with van der Waals surface area (Å²) in [6, 6.07) is 2.09. The molecule has 1 aromatic rings. The SMILES string of the molecule is CN(C)CC1COCCN(Cc2ccnn2C)C1. The molecule has 5 heteroatoms. The zero-order valence-electron chi connectivity index (χ0n) is 11.7. The van der Waals surface area contributed by atoms with Crippen molar-refractivity contribution in [3.63, 3.8) is 0 Å². The topological polar surface area (TPSA) is 33.5 Å². The second kappa shape index (κ2) is 6.31. The summed E-state index contributed by atoms with van der Waals surface area (Å²) in [7, 11) is 6.24. The average Bonchev–Trinajstić information content (AvgIpc) is 2.58. The van der Waals surface area contributed by atoms with Gasteiger partial charge in [-0.1, -0.05) is 0 Å². The predicted molar refractivity (Wildman–Crippen MR) is 71.3 cm³/mol. The lowest BCUT2D eigenvalue weighted by molar-refractivity contribution is 0.112. The van der Waals surface area contributed by atoms with Crippen LogP contribution in [-0.4, -0.2) is 66.5 Å². The van der Waals surface area contributed by atoms with Crippen LogP contribution in [0.15, 0.2) is 12.3 Å². The standard InChI is InChI=1S/C13H24N4O/c1-15(2)8-12-9-17(6-7-18-11-12)10-13-4-5-14-16(13)3/h4-5,12H,6-11H2,1-3H3. The molecule has 0 aliphatic carbocycles. The third kappa shape index (κ3) is 3.80. The van der Waals surface area contributed by atoms with Gasteiger partial charge in [-0.2, -0.15) is 5.10 Å². The van der Waals surface area contributed by atoms with Crippen LogP contribution >= 0.6 is 0 Å². The van der Waals surface area contributed by atoms with E-state index in [2.05, 4.69) is 35.1 Å². The lowest BCUT2D eigenvalue weighted by Gasteiger charge is -2.25. The van der Waals surface area contributed by atoms with E-state index >= 15 is 0 Å². The zero-order chi connectivity index (χ0) is 13.0. The first kappa shape index (κ1) is 13.5. The molecule has 0 amide bonds. The van der Waals surface area contributed by atoms with E-state index in [0.29, 0.717) is 5.92 Å². The molecule has 18 heavy (non-hydrogen) atoms. The fourth-order valence-corrected chi connectivity index (χ4v) is 2.51. The van der Waals surface area contributed by atoms with Crippen molar-refractivity contribution < 1.29 is 4.74 Å². The van der Waals surface area contributed by atoms with Gasteiger partial charge in [0.05, 0.1) is 18.9 Å². The smallest absolute Gasteiger partial charge is 0.0593 e. The fraction of sp³-hybridized carbons (Fsp3) is 0.769. The van der Waals surface area contributed by atoms with Crippen LogP contribution in [0, 0.1) is 5.92 Å². The minimum atomic E-state index is 0.593. The highest BCUT2D eigenvalue weighted by Gasteiger charge is 2.19. The quantitative estimate of drug-likeness (QED) is 0.778. The van der Waals surface area contributed by atoms with Crippen molar-refractivity contribution in [3.8, 4) is 0 Å². The Labute approximate surface area is 109 Å². The Kier molecular flexibility index (Phi) is 4.74. The zero-order valence-corrected chi connectivity index (χ0v) is 11.7. The molecule has 1 aliphatic heterocycles. The molecule has 1 atom stereocenters. The Hall–Kier alpha value is -0.910. The van der Waals surface area contributed by atoms with Gasteiger partial charge >= 0.3 is 0 Å². The molecule has 1 saturated heterocycles. The largest absolute Gasteiger partial charge is 0.380 e. The summed E-state index contributed by atoms with van der Waals surface area (Å²) >= 11 is 0. The van der Waals surface area contributed by atoms with Crippen LogP contribution < -0.4 is 0 Å². The first-order valence-corrected chi connectivity index (χ1v) is 6.57. The van der Waals surface area contributed by atoms with Gasteiger partial charge in [0.25, 0.3) is 0 Å². The molecule has 102 valence electrons. The predicted octanol–water partition coefficient (Wildman–Crippen LogP) is 0.430. The third-order valence-corrected chi connectivity index (χ3v) is 3.35. The van der Waals surface area contributed by atoms with Crippen LogP contribution in [0.2, 0.25) is 0 Å². The highest BCUT2D eigenvalue weighted by Crippen LogP contribution is 2.11. The maximum absolute atomic E-state index is 5.70. The molecule has 1 unspecified atom stereocenters. The average molecular weight is 252 g/mol. The van der Waals surface area contributed by atoms with E-state index in [4.69, 9.17) is 4.74 Å². The van der Waals surface area contributed by atoms with Gasteiger partial charge in [0.15, 0.2) is 0 Å². The maximum Gasteiger partial charge on any atom is 0.0593 e. The first-order chi connectivity index (χ1) is 8.65. The number of aromatic nitrogens is 2. The molecule has 0 aromatic carbocycles. The Balaban J connectivity index is 1.92. The maximum atomic E-state index is 5.70. The molecule has 0 spiro atoms. The lowest BCUT2D eigenvalue weighted by Crippen LogP contribution is -2.34. The summed E-state index contributed by atoms with van der Waals surface area (Å²) in [6.45, 7) is 5.87. The molecule has 1 aliphatic rings. The second-order valence-electron chi connectivity index (χ2n) is 5.38. The van der Waals surface area contributed by atoms with Crippen LogP contribution in [0.25, 0.3) is 0 Å². The number of nitrogens with zero attached hydrogens (tertiary/aromatic N) is 4. The molecule has 2 heterocycles. The number of rotatable bonds is 4. The number of aryl methyl sites for hydroxylation is 1. The van der Waals surface area contributed by atoms with E-state index in [1.54, 1.807) is 0 Å².